The van der Waals surface area contributed by atoms with Gasteiger partial charge in [-0.3, -0.25) is 0 Å². The van der Waals surface area contributed by atoms with Crippen molar-refractivity contribution in [2.75, 3.05) is 13.2 Å². The van der Waals surface area contributed by atoms with Gasteiger partial charge < -0.3 is 20.1 Å². The van der Waals surface area contributed by atoms with E-state index in [2.05, 4.69) is 5.10 Å². The van der Waals surface area contributed by atoms with Crippen LogP contribution in [-0.2, 0) is 6.61 Å². The molecule has 0 bridgehead atoms. The summed E-state index contributed by atoms with van der Waals surface area (Å²) in [4.78, 5) is 0. The van der Waals surface area contributed by atoms with Crippen molar-refractivity contribution in [3.05, 3.63) is 90.0 Å². The second-order valence-electron chi connectivity index (χ2n) is 6.14. The molecule has 3 aromatic carbocycles. The summed E-state index contributed by atoms with van der Waals surface area (Å²) in [5, 5.41) is 3.49. The normalized spacial score (nSPS) is 10.7. The van der Waals surface area contributed by atoms with Crippen LogP contribution in [0.1, 0.15) is 17.5 Å². The maximum absolute atomic E-state index is 5.77. The number of rotatable bonds is 10. The maximum atomic E-state index is 5.77. The highest BCUT2D eigenvalue weighted by Crippen LogP contribution is 2.19. The second kappa shape index (κ2) is 10.6. The van der Waals surface area contributed by atoms with Crippen LogP contribution in [0.4, 0.5) is 0 Å². The van der Waals surface area contributed by atoms with Crippen molar-refractivity contribution in [3.8, 4) is 17.2 Å². The Bertz CT molecular complexity index is 847. The van der Waals surface area contributed by atoms with Gasteiger partial charge in [0.1, 0.15) is 23.9 Å². The third-order valence-corrected chi connectivity index (χ3v) is 4.00. The van der Waals surface area contributed by atoms with Crippen LogP contribution in [-0.4, -0.2) is 19.4 Å². The van der Waals surface area contributed by atoms with Gasteiger partial charge in [-0.15, -0.1) is 0 Å². The Morgan fingerprint density at radius 1 is 0.679 bits per heavy atom. The van der Waals surface area contributed by atoms with E-state index >= 15 is 0 Å². The predicted molar refractivity (Wildman–Crippen MR) is 111 cm³/mol. The third kappa shape index (κ3) is 6.36. The topological polar surface area (TPSA) is 66.1 Å². The van der Waals surface area contributed by atoms with Gasteiger partial charge in [-0.1, -0.05) is 30.3 Å². The van der Waals surface area contributed by atoms with Crippen molar-refractivity contribution in [2.45, 2.75) is 13.0 Å². The lowest BCUT2D eigenvalue weighted by atomic mass is 10.2. The molecule has 3 aromatic rings. The van der Waals surface area contributed by atoms with Gasteiger partial charge in [-0.25, -0.2) is 0 Å². The maximum Gasteiger partial charge on any atom is 0.120 e. The Hall–Kier alpha value is -3.47. The van der Waals surface area contributed by atoms with Gasteiger partial charge in [0.05, 0.1) is 19.4 Å². The smallest absolute Gasteiger partial charge is 0.120 e. The molecular weight excluding hydrogens is 352 g/mol. The van der Waals surface area contributed by atoms with Gasteiger partial charge in [0.2, 0.25) is 0 Å². The fourth-order valence-electron chi connectivity index (χ4n) is 2.55. The second-order valence-corrected chi connectivity index (χ2v) is 6.14. The number of ether oxygens (including phenoxy) is 3. The minimum absolute atomic E-state index is 0.554. The molecule has 0 aliphatic carbocycles. The lowest BCUT2D eigenvalue weighted by Crippen LogP contribution is -2.05. The van der Waals surface area contributed by atoms with E-state index in [-0.39, 0.29) is 0 Å². The molecule has 0 atom stereocenters. The van der Waals surface area contributed by atoms with Gasteiger partial charge in [-0.2, -0.15) is 5.10 Å². The van der Waals surface area contributed by atoms with Crippen molar-refractivity contribution in [1.82, 2.24) is 0 Å². The largest absolute Gasteiger partial charge is 0.493 e. The molecule has 3 rings (SSSR count). The van der Waals surface area contributed by atoms with Crippen molar-refractivity contribution in [3.63, 3.8) is 0 Å². The molecule has 0 aliphatic heterocycles. The molecule has 5 nitrogen and oxygen atoms in total. The van der Waals surface area contributed by atoms with Crippen LogP contribution in [0.3, 0.4) is 0 Å². The van der Waals surface area contributed by atoms with Gasteiger partial charge >= 0.3 is 0 Å². The first-order valence-corrected chi connectivity index (χ1v) is 9.19. The van der Waals surface area contributed by atoms with E-state index in [1.807, 2.05) is 78.9 Å². The molecule has 0 saturated carbocycles. The molecule has 0 amide bonds. The monoisotopic (exact) mass is 376 g/mol. The number of hydrazone groups is 1. The number of benzene rings is 3. The van der Waals surface area contributed by atoms with E-state index in [1.165, 1.54) is 0 Å². The van der Waals surface area contributed by atoms with Gasteiger partial charge in [-0.05, 0) is 59.7 Å². The summed E-state index contributed by atoms with van der Waals surface area (Å²) in [6.07, 6.45) is 2.38. The molecule has 144 valence electrons. The summed E-state index contributed by atoms with van der Waals surface area (Å²) < 4.78 is 17.2. The van der Waals surface area contributed by atoms with Crippen LogP contribution in [0.15, 0.2) is 84.0 Å². The Kier molecular flexibility index (Phi) is 7.32. The standard InChI is InChI=1S/C23H24N2O3/c24-25-17-19-7-9-21(10-8-19)26-15-4-16-27-22-11-13-23(14-12-22)28-18-20-5-2-1-3-6-20/h1-3,5-14,17H,4,15-16,18,24H2. The van der Waals surface area contributed by atoms with E-state index in [9.17, 15) is 0 Å². The number of nitrogens with zero attached hydrogens (tertiary/aromatic N) is 1. The van der Waals surface area contributed by atoms with Gasteiger partial charge in [0, 0.05) is 6.42 Å². The Morgan fingerprint density at radius 2 is 1.21 bits per heavy atom. The van der Waals surface area contributed by atoms with Crippen molar-refractivity contribution >= 4 is 6.21 Å². The zero-order valence-electron chi connectivity index (χ0n) is 15.7. The minimum Gasteiger partial charge on any atom is -0.493 e. The quantitative estimate of drug-likeness (QED) is 0.246. The van der Waals surface area contributed by atoms with E-state index in [0.717, 1.165) is 34.8 Å². The molecule has 0 fully saturated rings. The average Bonchev–Trinajstić information content (AvgIpc) is 2.75. The van der Waals surface area contributed by atoms with Gasteiger partial charge in [0.15, 0.2) is 0 Å². The van der Waals surface area contributed by atoms with E-state index in [4.69, 9.17) is 20.1 Å². The van der Waals surface area contributed by atoms with Crippen molar-refractivity contribution in [1.29, 1.82) is 0 Å². The Labute approximate surface area is 165 Å². The lowest BCUT2D eigenvalue weighted by Gasteiger charge is -2.10. The number of hydrogen-bond acceptors (Lipinski definition) is 5. The first-order valence-electron chi connectivity index (χ1n) is 9.19. The molecule has 0 saturated heterocycles. The predicted octanol–water partition coefficient (Wildman–Crippen LogP) is 4.41. The van der Waals surface area contributed by atoms with Gasteiger partial charge in [0.25, 0.3) is 0 Å². The van der Waals surface area contributed by atoms with Crippen LogP contribution < -0.4 is 20.1 Å². The molecule has 0 aromatic heterocycles. The van der Waals surface area contributed by atoms with Crippen LogP contribution in [0.2, 0.25) is 0 Å². The summed E-state index contributed by atoms with van der Waals surface area (Å²) >= 11 is 0. The molecule has 0 aliphatic rings. The molecule has 0 unspecified atom stereocenters. The molecule has 2 N–H and O–H groups in total. The first-order chi connectivity index (χ1) is 13.8. The van der Waals surface area contributed by atoms with E-state index in [1.54, 1.807) is 6.21 Å². The Balaban J connectivity index is 1.33. The molecule has 5 heteroatoms. The van der Waals surface area contributed by atoms with Crippen LogP contribution in [0.5, 0.6) is 17.2 Å². The van der Waals surface area contributed by atoms with Crippen LogP contribution in [0, 0.1) is 0 Å². The van der Waals surface area contributed by atoms with Crippen molar-refractivity contribution < 1.29 is 14.2 Å². The highest BCUT2D eigenvalue weighted by Gasteiger charge is 1.99. The zero-order chi connectivity index (χ0) is 19.4. The van der Waals surface area contributed by atoms with E-state index in [0.29, 0.717) is 19.8 Å². The SMILES string of the molecule is NN=Cc1ccc(OCCCOc2ccc(OCc3ccccc3)cc2)cc1. The van der Waals surface area contributed by atoms with Crippen molar-refractivity contribution in [2.24, 2.45) is 10.9 Å². The summed E-state index contributed by atoms with van der Waals surface area (Å²) in [5.74, 6) is 7.58. The summed E-state index contributed by atoms with van der Waals surface area (Å²) in [7, 11) is 0. The average molecular weight is 376 g/mol. The lowest BCUT2D eigenvalue weighted by molar-refractivity contribution is 0.247. The summed E-state index contributed by atoms with van der Waals surface area (Å²) in [6, 6.07) is 25.4. The fraction of sp³-hybridized carbons (Fsp3) is 0.174. The highest BCUT2D eigenvalue weighted by molar-refractivity contribution is 5.79. The van der Waals surface area contributed by atoms with Crippen LogP contribution in [0.25, 0.3) is 0 Å². The molecule has 28 heavy (non-hydrogen) atoms. The molecule has 0 spiro atoms. The molecular formula is C23H24N2O3. The molecule has 0 heterocycles. The highest BCUT2D eigenvalue weighted by atomic mass is 16.5. The summed E-state index contributed by atoms with van der Waals surface area (Å²) in [6.45, 7) is 1.73. The third-order valence-electron chi connectivity index (χ3n) is 4.00. The fourth-order valence-corrected chi connectivity index (χ4v) is 2.55. The first kappa shape index (κ1) is 19.3. The van der Waals surface area contributed by atoms with Crippen LogP contribution >= 0.6 is 0 Å². The van der Waals surface area contributed by atoms with E-state index < -0.39 is 0 Å². The molecule has 0 radical (unpaired) electrons. The zero-order valence-corrected chi connectivity index (χ0v) is 15.7. The summed E-state index contributed by atoms with van der Waals surface area (Å²) in [5.41, 5.74) is 2.08. The number of nitrogens with two attached hydrogens (primary N) is 1. The Morgan fingerprint density at radius 3 is 1.79 bits per heavy atom. The number of hydrogen-bond donors (Lipinski definition) is 1. The minimum atomic E-state index is 0.554.